The van der Waals surface area contributed by atoms with E-state index in [1.807, 2.05) is 6.92 Å². The second-order valence-electron chi connectivity index (χ2n) is 4.69. The number of rotatable bonds is 9. The van der Waals surface area contributed by atoms with Crippen LogP contribution in [0.1, 0.15) is 19.8 Å². The lowest BCUT2D eigenvalue weighted by atomic mass is 10.3. The molecule has 1 heterocycles. The van der Waals surface area contributed by atoms with Crippen molar-refractivity contribution in [3.8, 4) is 0 Å². The van der Waals surface area contributed by atoms with E-state index in [0.29, 0.717) is 31.1 Å². The third kappa shape index (κ3) is 6.89. The van der Waals surface area contributed by atoms with Crippen LogP contribution in [-0.2, 0) is 9.84 Å². The molecule has 0 saturated heterocycles. The Morgan fingerprint density at radius 1 is 1.24 bits per heavy atom. The summed E-state index contributed by atoms with van der Waals surface area (Å²) in [6.07, 6.45) is 2.47. The van der Waals surface area contributed by atoms with E-state index in [2.05, 4.69) is 15.6 Å². The fourth-order valence-electron chi connectivity index (χ4n) is 1.61. The van der Waals surface area contributed by atoms with Crippen molar-refractivity contribution >= 4 is 27.2 Å². The second kappa shape index (κ2) is 7.77. The first-order valence-electron chi connectivity index (χ1n) is 6.64. The van der Waals surface area contributed by atoms with Crippen molar-refractivity contribution in [2.45, 2.75) is 19.8 Å². The Bertz CT molecular complexity index is 589. The summed E-state index contributed by atoms with van der Waals surface area (Å²) in [6.45, 7) is 3.03. The summed E-state index contributed by atoms with van der Waals surface area (Å²) in [5.41, 5.74) is -0.0609. The maximum Gasteiger partial charge on any atom is 0.276 e. The molecule has 0 aliphatic carbocycles. The molecule has 1 rings (SSSR count). The van der Waals surface area contributed by atoms with Crippen LogP contribution in [0.25, 0.3) is 0 Å². The monoisotopic (exact) mass is 316 g/mol. The van der Waals surface area contributed by atoms with Crippen molar-refractivity contribution in [1.82, 2.24) is 4.98 Å². The van der Waals surface area contributed by atoms with Crippen LogP contribution in [0, 0.1) is 10.1 Å². The van der Waals surface area contributed by atoms with E-state index in [4.69, 9.17) is 0 Å². The Hall–Kier alpha value is -1.90. The number of sulfone groups is 1. The van der Waals surface area contributed by atoms with Gasteiger partial charge in [-0.25, -0.2) is 13.4 Å². The van der Waals surface area contributed by atoms with Crippen molar-refractivity contribution in [2.75, 3.05) is 35.7 Å². The number of pyridine rings is 1. The molecular weight excluding hydrogens is 296 g/mol. The summed E-state index contributed by atoms with van der Waals surface area (Å²) in [6, 6.07) is 2.70. The summed E-state index contributed by atoms with van der Waals surface area (Å²) in [7, 11) is -3.00. The lowest BCUT2D eigenvalue weighted by Crippen LogP contribution is -2.11. The van der Waals surface area contributed by atoms with E-state index in [1.54, 1.807) is 0 Å². The number of nitrogens with zero attached hydrogens (tertiary/aromatic N) is 2. The molecule has 2 N–H and O–H groups in total. The fraction of sp³-hybridized carbons (Fsp3) is 0.583. The molecule has 0 bridgehead atoms. The largest absolute Gasteiger partial charge is 0.370 e. The Labute approximate surface area is 124 Å². The van der Waals surface area contributed by atoms with Gasteiger partial charge in [0.1, 0.15) is 21.5 Å². The van der Waals surface area contributed by atoms with Crippen LogP contribution in [0.5, 0.6) is 0 Å². The van der Waals surface area contributed by atoms with E-state index in [1.165, 1.54) is 18.4 Å². The molecule has 0 aromatic carbocycles. The first kappa shape index (κ1) is 17.2. The van der Waals surface area contributed by atoms with Crippen molar-refractivity contribution in [1.29, 1.82) is 0 Å². The van der Waals surface area contributed by atoms with Gasteiger partial charge in [-0.1, -0.05) is 6.92 Å². The molecule has 0 unspecified atom stereocenters. The quantitative estimate of drug-likeness (QED) is 0.404. The minimum absolute atomic E-state index is 0.0609. The van der Waals surface area contributed by atoms with Gasteiger partial charge in [0.2, 0.25) is 0 Å². The third-order valence-corrected chi connectivity index (χ3v) is 3.61. The topological polar surface area (TPSA) is 114 Å². The number of nitro groups is 1. The zero-order valence-corrected chi connectivity index (χ0v) is 12.9. The molecule has 8 nitrogen and oxygen atoms in total. The summed E-state index contributed by atoms with van der Waals surface area (Å²) in [4.78, 5) is 14.6. The van der Waals surface area contributed by atoms with Crippen molar-refractivity contribution in [2.24, 2.45) is 0 Å². The number of hydrogen-bond acceptors (Lipinski definition) is 7. The Kier molecular flexibility index (Phi) is 6.35. The van der Waals surface area contributed by atoms with Crippen LogP contribution in [0.2, 0.25) is 0 Å². The van der Waals surface area contributed by atoms with Crippen LogP contribution in [0.3, 0.4) is 0 Å². The zero-order chi connectivity index (χ0) is 15.9. The molecule has 9 heteroatoms. The highest BCUT2D eigenvalue weighted by atomic mass is 32.2. The maximum atomic E-state index is 11.0. The molecule has 0 saturated carbocycles. The average Bonchev–Trinajstić information content (AvgIpc) is 2.40. The summed E-state index contributed by atoms with van der Waals surface area (Å²) >= 11 is 0. The van der Waals surface area contributed by atoms with Gasteiger partial charge in [-0.15, -0.1) is 0 Å². The Morgan fingerprint density at radius 3 is 2.29 bits per heavy atom. The van der Waals surface area contributed by atoms with Crippen LogP contribution < -0.4 is 10.6 Å². The van der Waals surface area contributed by atoms with Gasteiger partial charge < -0.3 is 10.6 Å². The maximum absolute atomic E-state index is 11.0. The molecule has 118 valence electrons. The Morgan fingerprint density at radius 2 is 1.81 bits per heavy atom. The molecule has 21 heavy (non-hydrogen) atoms. The van der Waals surface area contributed by atoms with Gasteiger partial charge in [-0.05, 0) is 12.8 Å². The first-order chi connectivity index (χ1) is 9.81. The van der Waals surface area contributed by atoms with Gasteiger partial charge in [-0.2, -0.15) is 0 Å². The highest BCUT2D eigenvalue weighted by Gasteiger charge is 2.11. The second-order valence-corrected chi connectivity index (χ2v) is 6.95. The van der Waals surface area contributed by atoms with E-state index in [9.17, 15) is 18.5 Å². The van der Waals surface area contributed by atoms with Crippen molar-refractivity contribution in [3.05, 3.63) is 22.2 Å². The van der Waals surface area contributed by atoms with Gasteiger partial charge in [0, 0.05) is 19.3 Å². The highest BCUT2D eigenvalue weighted by molar-refractivity contribution is 7.90. The van der Waals surface area contributed by atoms with Crippen LogP contribution in [0.15, 0.2) is 12.1 Å². The molecule has 0 amide bonds. The normalized spacial score (nSPS) is 11.1. The number of aromatic nitrogens is 1. The van der Waals surface area contributed by atoms with Gasteiger partial charge in [0.05, 0.1) is 22.8 Å². The summed E-state index contributed by atoms with van der Waals surface area (Å²) in [5, 5.41) is 16.8. The molecule has 0 radical (unpaired) electrons. The average molecular weight is 316 g/mol. The van der Waals surface area contributed by atoms with E-state index in [0.717, 1.165) is 6.42 Å². The molecule has 0 aliphatic heterocycles. The lowest BCUT2D eigenvalue weighted by molar-refractivity contribution is -0.384. The summed E-state index contributed by atoms with van der Waals surface area (Å²) in [5.74, 6) is 0.851. The minimum atomic E-state index is -3.00. The Balaban J connectivity index is 2.71. The lowest BCUT2D eigenvalue weighted by Gasteiger charge is -2.08. The number of hydrogen-bond donors (Lipinski definition) is 2. The van der Waals surface area contributed by atoms with E-state index >= 15 is 0 Å². The van der Waals surface area contributed by atoms with Gasteiger partial charge in [-0.3, -0.25) is 10.1 Å². The standard InChI is InChI=1S/C12H20N4O4S/c1-3-5-13-11-8-10(16(17)18)9-12(15-11)14-6-4-7-21(2,19)20/h8-9H,3-7H2,1-2H3,(H2,13,14,15). The van der Waals surface area contributed by atoms with Crippen LogP contribution in [-0.4, -0.2) is 43.4 Å². The molecule has 1 aromatic rings. The predicted octanol–water partition coefficient (Wildman–Crippen LogP) is 1.66. The van der Waals surface area contributed by atoms with Gasteiger partial charge in [0.25, 0.3) is 5.69 Å². The van der Waals surface area contributed by atoms with Gasteiger partial charge >= 0.3 is 0 Å². The molecule has 1 aromatic heterocycles. The molecule has 0 aliphatic rings. The number of anilines is 2. The van der Waals surface area contributed by atoms with Gasteiger partial charge in [0.15, 0.2) is 0 Å². The number of nitrogens with one attached hydrogen (secondary N) is 2. The first-order valence-corrected chi connectivity index (χ1v) is 8.70. The SMILES string of the molecule is CCCNc1cc([N+](=O)[O-])cc(NCCCS(C)(=O)=O)n1. The fourth-order valence-corrected chi connectivity index (χ4v) is 2.28. The van der Waals surface area contributed by atoms with Crippen LogP contribution >= 0.6 is 0 Å². The predicted molar refractivity (Wildman–Crippen MR) is 82.5 cm³/mol. The highest BCUT2D eigenvalue weighted by Crippen LogP contribution is 2.20. The molecular formula is C12H20N4O4S. The molecule has 0 fully saturated rings. The third-order valence-electron chi connectivity index (χ3n) is 2.58. The summed E-state index contributed by atoms with van der Waals surface area (Å²) < 4.78 is 22.0. The smallest absolute Gasteiger partial charge is 0.276 e. The molecule has 0 atom stereocenters. The zero-order valence-electron chi connectivity index (χ0n) is 12.1. The van der Waals surface area contributed by atoms with Crippen LogP contribution in [0.4, 0.5) is 17.3 Å². The van der Waals surface area contributed by atoms with E-state index in [-0.39, 0.29) is 11.4 Å². The van der Waals surface area contributed by atoms with Crippen molar-refractivity contribution < 1.29 is 13.3 Å². The minimum Gasteiger partial charge on any atom is -0.370 e. The van der Waals surface area contributed by atoms with E-state index < -0.39 is 14.8 Å². The van der Waals surface area contributed by atoms with Crippen molar-refractivity contribution in [3.63, 3.8) is 0 Å². The molecule has 0 spiro atoms.